The van der Waals surface area contributed by atoms with Gasteiger partial charge in [-0.25, -0.2) is 0 Å². The van der Waals surface area contributed by atoms with Crippen LogP contribution in [0.4, 0.5) is 0 Å². The maximum absolute atomic E-state index is 5.15. The molecule has 0 aliphatic heterocycles. The molecule has 0 aromatic heterocycles. The van der Waals surface area contributed by atoms with Gasteiger partial charge in [-0.15, -0.1) is 0 Å². The van der Waals surface area contributed by atoms with Gasteiger partial charge in [0.15, 0.2) is 0 Å². The van der Waals surface area contributed by atoms with E-state index in [2.05, 4.69) is 5.10 Å². The monoisotopic (exact) mass is 200 g/mol. The number of hydrogen-bond donors (Lipinski definition) is 1. The van der Waals surface area contributed by atoms with Crippen LogP contribution in [0.3, 0.4) is 0 Å². The molecule has 0 saturated heterocycles. The number of hydrogen-bond acceptors (Lipinski definition) is 3. The predicted octanol–water partition coefficient (Wildman–Crippen LogP) is 2.14. The first kappa shape index (κ1) is 9.52. The van der Waals surface area contributed by atoms with Gasteiger partial charge >= 0.3 is 0 Å². The topological polar surface area (TPSA) is 47.6 Å². The Bertz CT molecular complexity index is 506. The Kier molecular flexibility index (Phi) is 2.54. The Hall–Kier alpha value is -2.03. The normalized spacial score (nSPS) is 11.0. The van der Waals surface area contributed by atoms with Gasteiger partial charge in [-0.2, -0.15) is 5.10 Å². The molecule has 0 amide bonds. The fourth-order valence-electron chi connectivity index (χ4n) is 1.54. The minimum absolute atomic E-state index is 0.864. The SMILES string of the molecule is COc1ccc2cc(C=NN)ccc2c1. The first-order chi connectivity index (χ1) is 7.33. The van der Waals surface area contributed by atoms with E-state index in [0.29, 0.717) is 0 Å². The lowest BCUT2D eigenvalue weighted by molar-refractivity contribution is 0.415. The van der Waals surface area contributed by atoms with Crippen molar-refractivity contribution in [2.45, 2.75) is 0 Å². The number of methoxy groups -OCH3 is 1. The summed E-state index contributed by atoms with van der Waals surface area (Å²) in [7, 11) is 1.66. The van der Waals surface area contributed by atoms with E-state index in [1.165, 1.54) is 0 Å². The van der Waals surface area contributed by atoms with E-state index in [4.69, 9.17) is 10.6 Å². The maximum atomic E-state index is 5.15. The maximum Gasteiger partial charge on any atom is 0.119 e. The van der Waals surface area contributed by atoms with Gasteiger partial charge in [0.1, 0.15) is 5.75 Å². The van der Waals surface area contributed by atoms with Gasteiger partial charge in [0.05, 0.1) is 13.3 Å². The van der Waals surface area contributed by atoms with Crippen LogP contribution in [-0.2, 0) is 0 Å². The van der Waals surface area contributed by atoms with E-state index < -0.39 is 0 Å². The summed E-state index contributed by atoms with van der Waals surface area (Å²) in [6, 6.07) is 12.0. The van der Waals surface area contributed by atoms with Crippen molar-refractivity contribution in [2.75, 3.05) is 7.11 Å². The molecule has 0 aliphatic carbocycles. The van der Waals surface area contributed by atoms with E-state index in [-0.39, 0.29) is 0 Å². The Morgan fingerprint density at radius 2 is 1.87 bits per heavy atom. The van der Waals surface area contributed by atoms with Gasteiger partial charge in [-0.3, -0.25) is 0 Å². The highest BCUT2D eigenvalue weighted by molar-refractivity contribution is 5.91. The molecule has 2 aromatic carbocycles. The van der Waals surface area contributed by atoms with E-state index in [1.54, 1.807) is 13.3 Å². The first-order valence-electron chi connectivity index (χ1n) is 4.64. The summed E-state index contributed by atoms with van der Waals surface area (Å²) < 4.78 is 5.15. The summed E-state index contributed by atoms with van der Waals surface area (Å²) in [4.78, 5) is 0. The number of nitrogens with two attached hydrogens (primary N) is 1. The molecular weight excluding hydrogens is 188 g/mol. The highest BCUT2D eigenvalue weighted by atomic mass is 16.5. The number of benzene rings is 2. The smallest absolute Gasteiger partial charge is 0.119 e. The van der Waals surface area contributed by atoms with Crippen LogP contribution in [0.25, 0.3) is 10.8 Å². The molecule has 0 atom stereocenters. The number of fused-ring (bicyclic) bond motifs is 1. The number of ether oxygens (including phenoxy) is 1. The molecular formula is C12H12N2O. The lowest BCUT2D eigenvalue weighted by atomic mass is 10.1. The Balaban J connectivity index is 2.54. The zero-order chi connectivity index (χ0) is 10.7. The molecule has 2 rings (SSSR count). The lowest BCUT2D eigenvalue weighted by Crippen LogP contribution is -1.87. The van der Waals surface area contributed by atoms with E-state index in [9.17, 15) is 0 Å². The van der Waals surface area contributed by atoms with Gasteiger partial charge in [0.25, 0.3) is 0 Å². The molecule has 76 valence electrons. The van der Waals surface area contributed by atoms with Crippen molar-refractivity contribution in [1.29, 1.82) is 0 Å². The largest absolute Gasteiger partial charge is 0.497 e. The van der Waals surface area contributed by atoms with Crippen molar-refractivity contribution >= 4 is 17.0 Å². The van der Waals surface area contributed by atoms with Crippen LogP contribution < -0.4 is 10.6 Å². The minimum Gasteiger partial charge on any atom is -0.497 e. The molecule has 0 aliphatic rings. The number of rotatable bonds is 2. The zero-order valence-corrected chi connectivity index (χ0v) is 8.47. The van der Waals surface area contributed by atoms with Gasteiger partial charge in [-0.05, 0) is 34.5 Å². The summed E-state index contributed by atoms with van der Waals surface area (Å²) in [6.07, 6.45) is 1.63. The Morgan fingerprint density at radius 1 is 1.13 bits per heavy atom. The van der Waals surface area contributed by atoms with Gasteiger partial charge < -0.3 is 10.6 Å². The van der Waals surface area contributed by atoms with E-state index in [1.807, 2.05) is 36.4 Å². The van der Waals surface area contributed by atoms with Gasteiger partial charge in [-0.1, -0.05) is 18.2 Å². The molecule has 0 saturated carbocycles. The fraction of sp³-hybridized carbons (Fsp3) is 0.0833. The lowest BCUT2D eigenvalue weighted by Gasteiger charge is -2.02. The molecule has 0 fully saturated rings. The molecule has 3 nitrogen and oxygen atoms in total. The van der Waals surface area contributed by atoms with Crippen LogP contribution in [0.5, 0.6) is 5.75 Å². The van der Waals surface area contributed by atoms with E-state index in [0.717, 1.165) is 22.1 Å². The average molecular weight is 200 g/mol. The number of nitrogens with zero attached hydrogens (tertiary/aromatic N) is 1. The van der Waals surface area contributed by atoms with Crippen LogP contribution in [0.15, 0.2) is 41.5 Å². The van der Waals surface area contributed by atoms with Crippen molar-refractivity contribution in [3.05, 3.63) is 42.0 Å². The second kappa shape index (κ2) is 4.00. The molecule has 0 radical (unpaired) electrons. The summed E-state index contributed by atoms with van der Waals surface area (Å²) in [6.45, 7) is 0. The first-order valence-corrected chi connectivity index (χ1v) is 4.64. The third kappa shape index (κ3) is 1.91. The molecule has 15 heavy (non-hydrogen) atoms. The molecule has 2 aromatic rings. The van der Waals surface area contributed by atoms with Crippen molar-refractivity contribution in [3.8, 4) is 5.75 Å². The predicted molar refractivity (Wildman–Crippen MR) is 62.3 cm³/mol. The quantitative estimate of drug-likeness (QED) is 0.458. The molecule has 0 heterocycles. The van der Waals surface area contributed by atoms with Crippen molar-refractivity contribution in [3.63, 3.8) is 0 Å². The second-order valence-electron chi connectivity index (χ2n) is 3.25. The van der Waals surface area contributed by atoms with Crippen LogP contribution in [0.1, 0.15) is 5.56 Å². The third-order valence-electron chi connectivity index (χ3n) is 2.30. The van der Waals surface area contributed by atoms with Gasteiger partial charge in [0, 0.05) is 0 Å². The number of hydrazone groups is 1. The minimum atomic E-state index is 0.864. The molecule has 0 spiro atoms. The van der Waals surface area contributed by atoms with Crippen molar-refractivity contribution < 1.29 is 4.74 Å². The molecule has 2 N–H and O–H groups in total. The zero-order valence-electron chi connectivity index (χ0n) is 8.47. The van der Waals surface area contributed by atoms with Crippen molar-refractivity contribution in [2.24, 2.45) is 10.9 Å². The fourth-order valence-corrected chi connectivity index (χ4v) is 1.54. The molecule has 0 unspecified atom stereocenters. The summed E-state index contributed by atoms with van der Waals surface area (Å²) >= 11 is 0. The van der Waals surface area contributed by atoms with Crippen LogP contribution >= 0.6 is 0 Å². The van der Waals surface area contributed by atoms with Gasteiger partial charge in [0.2, 0.25) is 0 Å². The van der Waals surface area contributed by atoms with Crippen LogP contribution in [-0.4, -0.2) is 13.3 Å². The van der Waals surface area contributed by atoms with Crippen molar-refractivity contribution in [1.82, 2.24) is 0 Å². The molecule has 3 heteroatoms. The van der Waals surface area contributed by atoms with Crippen LogP contribution in [0.2, 0.25) is 0 Å². The molecule has 0 bridgehead atoms. The summed E-state index contributed by atoms with van der Waals surface area (Å²) in [5, 5.41) is 5.79. The standard InChI is InChI=1S/C12H12N2O/c1-15-12-5-4-10-6-9(8-14-13)2-3-11(10)7-12/h2-8H,13H2,1H3. The Labute approximate surface area is 88.2 Å². The highest BCUT2D eigenvalue weighted by Crippen LogP contribution is 2.21. The van der Waals surface area contributed by atoms with E-state index >= 15 is 0 Å². The second-order valence-corrected chi connectivity index (χ2v) is 3.25. The summed E-state index contributed by atoms with van der Waals surface area (Å²) in [5.41, 5.74) is 0.996. The third-order valence-corrected chi connectivity index (χ3v) is 2.30. The highest BCUT2D eigenvalue weighted by Gasteiger charge is 1.97. The summed E-state index contributed by atoms with van der Waals surface area (Å²) in [5.74, 6) is 5.96. The Morgan fingerprint density at radius 3 is 2.60 bits per heavy atom. The van der Waals surface area contributed by atoms with Crippen LogP contribution in [0, 0.1) is 0 Å². The average Bonchev–Trinajstić information content (AvgIpc) is 2.29.